The van der Waals surface area contributed by atoms with Crippen molar-refractivity contribution in [2.24, 2.45) is 0 Å². The molecule has 2 unspecified atom stereocenters. The summed E-state index contributed by atoms with van der Waals surface area (Å²) < 4.78 is 0. The Morgan fingerprint density at radius 1 is 1.00 bits per heavy atom. The Balaban J connectivity index is 1.49. The third-order valence-corrected chi connectivity index (χ3v) is 6.42. The van der Waals surface area contributed by atoms with E-state index < -0.39 is 12.1 Å². The largest absolute Gasteiger partial charge is 0.370 e. The molecule has 6 heteroatoms. The van der Waals surface area contributed by atoms with Crippen molar-refractivity contribution < 1.29 is 14.7 Å². The molecule has 0 bridgehead atoms. The fraction of sp³-hybridized carbons (Fsp3) is 0.154. The number of rotatable bonds is 3. The van der Waals surface area contributed by atoms with Crippen LogP contribution in [0.15, 0.2) is 79.0 Å². The maximum absolute atomic E-state index is 12.3. The number of halogens is 1. The average Bonchev–Trinajstić information content (AvgIpc) is 2.79. The molecule has 0 aliphatic carbocycles. The Morgan fingerprint density at radius 2 is 1.81 bits per heavy atom. The predicted molar refractivity (Wildman–Crippen MR) is 126 cm³/mol. The molecule has 0 radical (unpaired) electrons. The molecular weight excluding hydrogens is 424 g/mol. The van der Waals surface area contributed by atoms with E-state index in [0.717, 1.165) is 33.2 Å². The van der Waals surface area contributed by atoms with E-state index in [-0.39, 0.29) is 11.8 Å². The Labute approximate surface area is 190 Å². The number of carbonyl (C=O) groups excluding carboxylic acids is 2. The second-order valence-corrected chi connectivity index (χ2v) is 8.38. The lowest BCUT2D eigenvalue weighted by molar-refractivity contribution is -0.134. The number of hydrogen-bond acceptors (Lipinski definition) is 4. The number of anilines is 1. The number of aliphatic hydroxyl groups is 1. The van der Waals surface area contributed by atoms with Gasteiger partial charge in [-0.15, -0.1) is 0 Å². The summed E-state index contributed by atoms with van der Waals surface area (Å²) in [6.45, 7) is 0. The average molecular weight is 445 g/mol. The lowest BCUT2D eigenvalue weighted by atomic mass is 9.88. The third kappa shape index (κ3) is 3.70. The van der Waals surface area contributed by atoms with Gasteiger partial charge in [0, 0.05) is 23.9 Å². The van der Waals surface area contributed by atoms with Crippen molar-refractivity contribution in [2.45, 2.75) is 25.0 Å². The summed E-state index contributed by atoms with van der Waals surface area (Å²) in [6.07, 6.45) is 7.36. The zero-order chi connectivity index (χ0) is 22.2. The molecule has 5 rings (SSSR count). The van der Waals surface area contributed by atoms with Gasteiger partial charge in [0.2, 0.25) is 11.8 Å². The van der Waals surface area contributed by atoms with Crippen LogP contribution in [0.3, 0.4) is 0 Å². The van der Waals surface area contributed by atoms with E-state index >= 15 is 0 Å². The molecule has 32 heavy (non-hydrogen) atoms. The number of amides is 2. The van der Waals surface area contributed by atoms with Crippen LogP contribution < -0.4 is 10.2 Å². The number of hydrogen-bond donors (Lipinski definition) is 2. The van der Waals surface area contributed by atoms with Crippen molar-refractivity contribution in [3.05, 3.63) is 89.6 Å². The van der Waals surface area contributed by atoms with Crippen molar-refractivity contribution in [1.29, 1.82) is 0 Å². The zero-order valence-corrected chi connectivity index (χ0v) is 17.9. The van der Waals surface area contributed by atoms with Crippen LogP contribution in [-0.2, 0) is 9.59 Å². The monoisotopic (exact) mass is 444 g/mol. The van der Waals surface area contributed by atoms with Gasteiger partial charge in [0.15, 0.2) is 0 Å². The summed E-state index contributed by atoms with van der Waals surface area (Å²) in [5.74, 6) is -0.965. The summed E-state index contributed by atoms with van der Waals surface area (Å²) in [6, 6.07) is 17.8. The van der Waals surface area contributed by atoms with Gasteiger partial charge in [0.05, 0.1) is 10.9 Å². The van der Waals surface area contributed by atoms with Gasteiger partial charge in [-0.1, -0.05) is 54.1 Å². The van der Waals surface area contributed by atoms with E-state index in [1.807, 2.05) is 66.9 Å². The molecule has 0 aromatic heterocycles. The number of benzene rings is 3. The molecule has 5 nitrogen and oxygen atoms in total. The highest BCUT2D eigenvalue weighted by Gasteiger charge is 2.30. The lowest BCUT2D eigenvalue weighted by Gasteiger charge is -2.26. The first kappa shape index (κ1) is 20.5. The molecule has 0 saturated carbocycles. The van der Waals surface area contributed by atoms with E-state index in [9.17, 15) is 14.7 Å². The van der Waals surface area contributed by atoms with Gasteiger partial charge in [-0.3, -0.25) is 14.9 Å². The molecule has 160 valence electrons. The van der Waals surface area contributed by atoms with Crippen LogP contribution in [-0.4, -0.2) is 23.1 Å². The van der Waals surface area contributed by atoms with Crippen LogP contribution in [0.5, 0.6) is 0 Å². The minimum absolute atomic E-state index is 0.240. The molecular formula is C26H21ClN2O3. The van der Waals surface area contributed by atoms with Gasteiger partial charge in [0.25, 0.3) is 0 Å². The van der Waals surface area contributed by atoms with Gasteiger partial charge in [-0.05, 0) is 58.7 Å². The van der Waals surface area contributed by atoms with Gasteiger partial charge >= 0.3 is 0 Å². The summed E-state index contributed by atoms with van der Waals surface area (Å²) >= 11 is 6.76. The van der Waals surface area contributed by atoms with Crippen molar-refractivity contribution in [1.82, 2.24) is 5.32 Å². The van der Waals surface area contributed by atoms with Crippen molar-refractivity contribution in [3.63, 3.8) is 0 Å². The Hall–Kier alpha value is -3.41. The minimum Gasteiger partial charge on any atom is -0.370 e. The second-order valence-electron chi connectivity index (χ2n) is 8.01. The van der Waals surface area contributed by atoms with Crippen LogP contribution in [0.4, 0.5) is 5.69 Å². The normalized spacial score (nSPS) is 20.6. The predicted octanol–water partition coefficient (Wildman–Crippen LogP) is 4.89. The highest BCUT2D eigenvalue weighted by molar-refractivity contribution is 6.34. The van der Waals surface area contributed by atoms with Crippen molar-refractivity contribution >= 4 is 39.9 Å². The van der Waals surface area contributed by atoms with Crippen molar-refractivity contribution in [2.75, 3.05) is 4.90 Å². The smallest absolute Gasteiger partial charge is 0.234 e. The van der Waals surface area contributed by atoms with E-state index in [4.69, 9.17) is 11.6 Å². The molecule has 0 spiro atoms. The first-order valence-electron chi connectivity index (χ1n) is 10.5. The van der Waals surface area contributed by atoms with Crippen LogP contribution in [0.1, 0.15) is 24.3 Å². The van der Waals surface area contributed by atoms with E-state index in [1.165, 1.54) is 0 Å². The molecule has 2 amide bonds. The van der Waals surface area contributed by atoms with Gasteiger partial charge in [0.1, 0.15) is 6.23 Å². The van der Waals surface area contributed by atoms with Crippen LogP contribution in [0, 0.1) is 0 Å². The maximum Gasteiger partial charge on any atom is 0.234 e. The number of nitrogens with zero attached hydrogens (tertiary/aromatic N) is 1. The van der Waals surface area contributed by atoms with E-state index in [1.54, 1.807) is 11.0 Å². The summed E-state index contributed by atoms with van der Waals surface area (Å²) in [7, 11) is 0. The zero-order valence-electron chi connectivity index (χ0n) is 17.2. The number of aliphatic hydroxyl groups excluding tert-OH is 1. The highest BCUT2D eigenvalue weighted by Crippen LogP contribution is 2.38. The van der Waals surface area contributed by atoms with Gasteiger partial charge in [-0.25, -0.2) is 0 Å². The number of carbonyl (C=O) groups is 2. The molecule has 2 atom stereocenters. The highest BCUT2D eigenvalue weighted by atomic mass is 35.5. The van der Waals surface area contributed by atoms with Crippen LogP contribution in [0.25, 0.3) is 21.9 Å². The second kappa shape index (κ2) is 8.26. The van der Waals surface area contributed by atoms with Crippen molar-refractivity contribution in [3.8, 4) is 11.1 Å². The topological polar surface area (TPSA) is 69.6 Å². The molecule has 2 aliphatic heterocycles. The number of nitrogens with one attached hydrogen (secondary N) is 1. The molecule has 3 aromatic rings. The lowest BCUT2D eigenvalue weighted by Crippen LogP contribution is -2.39. The standard InChI is InChI=1S/C26H21ClN2O3/c27-25-20(4-3-5-21(25)22-11-12-23(30)28-26(22)32)18-8-7-17-15-19(10-9-16(17)14-18)29-13-2-1-6-24(29)31/h1-10,13-15,22,24,31H,11-12H2,(H,28,30,32). The van der Waals surface area contributed by atoms with E-state index in [0.29, 0.717) is 17.9 Å². The van der Waals surface area contributed by atoms with Crippen LogP contribution in [0.2, 0.25) is 5.02 Å². The first-order valence-corrected chi connectivity index (χ1v) is 10.9. The molecule has 1 saturated heterocycles. The molecule has 2 aliphatic rings. The van der Waals surface area contributed by atoms with E-state index in [2.05, 4.69) is 11.4 Å². The maximum atomic E-state index is 12.3. The van der Waals surface area contributed by atoms with Gasteiger partial charge in [-0.2, -0.15) is 0 Å². The Kier molecular flexibility index (Phi) is 5.29. The number of imide groups is 1. The summed E-state index contributed by atoms with van der Waals surface area (Å²) in [5.41, 5.74) is 3.43. The third-order valence-electron chi connectivity index (χ3n) is 6.00. The number of piperidine rings is 1. The molecule has 1 fully saturated rings. The van der Waals surface area contributed by atoms with Gasteiger partial charge < -0.3 is 10.0 Å². The Morgan fingerprint density at radius 3 is 2.62 bits per heavy atom. The number of fused-ring (bicyclic) bond motifs is 1. The SMILES string of the molecule is O=C1CCC(c2cccc(-c3ccc4cc(N5C=CC=CC5O)ccc4c3)c2Cl)C(=O)N1. The quantitative estimate of drug-likeness (QED) is 0.564. The number of allylic oxidation sites excluding steroid dienone is 2. The first-order chi connectivity index (χ1) is 15.5. The summed E-state index contributed by atoms with van der Waals surface area (Å²) in [5, 5.41) is 15.2. The fourth-order valence-corrected chi connectivity index (χ4v) is 4.69. The summed E-state index contributed by atoms with van der Waals surface area (Å²) in [4.78, 5) is 25.6. The molecule has 3 aromatic carbocycles. The molecule has 2 N–H and O–H groups in total. The van der Waals surface area contributed by atoms with Crippen LogP contribution >= 0.6 is 11.6 Å². The minimum atomic E-state index is -0.689. The molecule has 2 heterocycles. The Bertz CT molecular complexity index is 1300. The fourth-order valence-electron chi connectivity index (χ4n) is 4.32.